The zero-order valence-corrected chi connectivity index (χ0v) is 10.0. The van der Waals surface area contributed by atoms with Crippen LogP contribution < -0.4 is 5.32 Å². The van der Waals surface area contributed by atoms with E-state index in [1.807, 2.05) is 11.3 Å². The van der Waals surface area contributed by atoms with Crippen LogP contribution in [0.5, 0.6) is 0 Å². The second-order valence-corrected chi connectivity index (χ2v) is 5.48. The maximum absolute atomic E-state index is 3.58. The van der Waals surface area contributed by atoms with Crippen LogP contribution in [0.1, 0.15) is 29.8 Å². The minimum Gasteiger partial charge on any atom is -0.313 e. The minimum atomic E-state index is 0.660. The van der Waals surface area contributed by atoms with Gasteiger partial charge >= 0.3 is 0 Å². The van der Waals surface area contributed by atoms with Gasteiger partial charge in [-0.25, -0.2) is 0 Å². The van der Waals surface area contributed by atoms with Gasteiger partial charge in [-0.1, -0.05) is 6.92 Å². The summed E-state index contributed by atoms with van der Waals surface area (Å²) in [4.78, 5) is 4.34. The summed E-state index contributed by atoms with van der Waals surface area (Å²) in [5.41, 5.74) is 1.60. The van der Waals surface area contributed by atoms with Gasteiger partial charge in [0.2, 0.25) is 0 Å². The van der Waals surface area contributed by atoms with Crippen molar-refractivity contribution in [2.75, 3.05) is 19.6 Å². The van der Waals surface area contributed by atoms with E-state index in [9.17, 15) is 0 Å². The van der Waals surface area contributed by atoms with Crippen molar-refractivity contribution in [3.8, 4) is 0 Å². The molecule has 2 aliphatic rings. The van der Waals surface area contributed by atoms with E-state index in [1.54, 1.807) is 10.4 Å². The lowest BCUT2D eigenvalue weighted by molar-refractivity contribution is 0.0876. The van der Waals surface area contributed by atoms with Crippen LogP contribution in [-0.4, -0.2) is 30.6 Å². The van der Waals surface area contributed by atoms with Crippen LogP contribution in [0, 0.1) is 0 Å². The number of nitrogens with zero attached hydrogens (tertiary/aromatic N) is 1. The first-order chi connectivity index (χ1) is 7.40. The summed E-state index contributed by atoms with van der Waals surface area (Å²) in [6.45, 7) is 5.88. The van der Waals surface area contributed by atoms with Crippen molar-refractivity contribution in [1.29, 1.82) is 0 Å². The number of hydrogen-bond donors (Lipinski definition) is 1. The summed E-state index contributed by atoms with van der Waals surface area (Å²) in [5.74, 6) is 0. The van der Waals surface area contributed by atoms with Gasteiger partial charge in [-0.2, -0.15) is 0 Å². The van der Waals surface area contributed by atoms with Gasteiger partial charge < -0.3 is 5.32 Å². The summed E-state index contributed by atoms with van der Waals surface area (Å²) >= 11 is 1.94. The average Bonchev–Trinajstić information content (AvgIpc) is 2.76. The summed E-state index contributed by atoms with van der Waals surface area (Å²) in [6, 6.07) is 3.72. The van der Waals surface area contributed by atoms with Crippen LogP contribution in [0.25, 0.3) is 0 Å². The Bertz CT molecular complexity index is 347. The van der Waals surface area contributed by atoms with Crippen molar-refractivity contribution < 1.29 is 0 Å². The molecular formula is C12H18N2S. The molecule has 1 aromatic heterocycles. The molecule has 3 rings (SSSR count). The Labute approximate surface area is 95.3 Å². The molecule has 3 heterocycles. The first-order valence-electron chi connectivity index (χ1n) is 5.93. The highest BCUT2D eigenvalue weighted by Gasteiger charge is 2.34. The van der Waals surface area contributed by atoms with Crippen molar-refractivity contribution in [3.05, 3.63) is 21.9 Å². The molecule has 1 N–H and O–H groups in total. The Hall–Kier alpha value is -0.380. The van der Waals surface area contributed by atoms with Crippen molar-refractivity contribution >= 4 is 11.3 Å². The Balaban J connectivity index is 1.92. The molecule has 82 valence electrons. The SMILES string of the molecule is CCC1CNCC2c3sccc3CCN12. The normalized spacial score (nSPS) is 31.0. The topological polar surface area (TPSA) is 15.3 Å². The molecule has 0 aromatic carbocycles. The lowest BCUT2D eigenvalue weighted by Crippen LogP contribution is -2.54. The highest BCUT2D eigenvalue weighted by atomic mass is 32.1. The zero-order valence-electron chi connectivity index (χ0n) is 9.20. The van der Waals surface area contributed by atoms with E-state index in [2.05, 4.69) is 28.6 Å². The first kappa shape index (κ1) is 9.82. The third-order valence-electron chi connectivity index (χ3n) is 3.78. The smallest absolute Gasteiger partial charge is 0.0572 e. The van der Waals surface area contributed by atoms with Crippen LogP contribution in [-0.2, 0) is 6.42 Å². The molecule has 2 aliphatic heterocycles. The van der Waals surface area contributed by atoms with Gasteiger partial charge in [-0.3, -0.25) is 4.90 Å². The summed E-state index contributed by atoms with van der Waals surface area (Å²) in [6.07, 6.45) is 2.52. The summed E-state index contributed by atoms with van der Waals surface area (Å²) in [5, 5.41) is 5.83. The lowest BCUT2D eigenvalue weighted by Gasteiger charge is -2.44. The number of piperazine rings is 1. The van der Waals surface area contributed by atoms with E-state index in [4.69, 9.17) is 0 Å². The molecule has 0 bridgehead atoms. The molecule has 3 heteroatoms. The predicted octanol–water partition coefficient (Wildman–Crippen LogP) is 2.03. The van der Waals surface area contributed by atoms with Crippen molar-refractivity contribution in [2.45, 2.75) is 31.8 Å². The maximum Gasteiger partial charge on any atom is 0.0572 e. The van der Waals surface area contributed by atoms with Gasteiger partial charge in [-0.05, 0) is 29.9 Å². The fraction of sp³-hybridized carbons (Fsp3) is 0.667. The largest absolute Gasteiger partial charge is 0.313 e. The van der Waals surface area contributed by atoms with E-state index in [0.29, 0.717) is 6.04 Å². The van der Waals surface area contributed by atoms with Crippen LogP contribution in [0.15, 0.2) is 11.4 Å². The fourth-order valence-electron chi connectivity index (χ4n) is 2.93. The molecule has 2 unspecified atom stereocenters. The quantitative estimate of drug-likeness (QED) is 0.782. The second kappa shape index (κ2) is 3.89. The Morgan fingerprint density at radius 2 is 2.47 bits per heavy atom. The highest BCUT2D eigenvalue weighted by molar-refractivity contribution is 7.10. The van der Waals surface area contributed by atoms with E-state index in [0.717, 1.165) is 12.6 Å². The number of rotatable bonds is 1. The number of nitrogens with one attached hydrogen (secondary N) is 1. The Kier molecular flexibility index (Phi) is 2.54. The van der Waals surface area contributed by atoms with E-state index < -0.39 is 0 Å². The molecule has 0 saturated carbocycles. The number of fused-ring (bicyclic) bond motifs is 3. The molecular weight excluding hydrogens is 204 g/mol. The molecule has 0 spiro atoms. The van der Waals surface area contributed by atoms with Crippen LogP contribution >= 0.6 is 11.3 Å². The number of thiophene rings is 1. The molecule has 1 saturated heterocycles. The molecule has 15 heavy (non-hydrogen) atoms. The van der Waals surface area contributed by atoms with Gasteiger partial charge in [0.15, 0.2) is 0 Å². The van der Waals surface area contributed by atoms with Crippen molar-refractivity contribution in [1.82, 2.24) is 10.2 Å². The van der Waals surface area contributed by atoms with E-state index in [-0.39, 0.29) is 0 Å². The monoisotopic (exact) mass is 222 g/mol. The van der Waals surface area contributed by atoms with Gasteiger partial charge in [-0.15, -0.1) is 11.3 Å². The standard InChI is InChI=1S/C12H18N2S/c1-2-10-7-13-8-11-12-9(4-6-15-12)3-5-14(10)11/h4,6,10-11,13H,2-3,5,7-8H2,1H3. The van der Waals surface area contributed by atoms with Gasteiger partial charge in [0.05, 0.1) is 6.04 Å². The van der Waals surface area contributed by atoms with Gasteiger partial charge in [0, 0.05) is 30.6 Å². The Morgan fingerprint density at radius 3 is 3.33 bits per heavy atom. The van der Waals surface area contributed by atoms with Crippen molar-refractivity contribution in [2.24, 2.45) is 0 Å². The van der Waals surface area contributed by atoms with E-state index >= 15 is 0 Å². The zero-order chi connectivity index (χ0) is 10.3. The minimum absolute atomic E-state index is 0.660. The highest BCUT2D eigenvalue weighted by Crippen LogP contribution is 2.36. The lowest BCUT2D eigenvalue weighted by atomic mass is 9.96. The number of hydrogen-bond acceptors (Lipinski definition) is 3. The van der Waals surface area contributed by atoms with Crippen LogP contribution in [0.4, 0.5) is 0 Å². The molecule has 0 amide bonds. The third-order valence-corrected chi connectivity index (χ3v) is 4.84. The average molecular weight is 222 g/mol. The predicted molar refractivity (Wildman–Crippen MR) is 64.4 cm³/mol. The Morgan fingerprint density at radius 1 is 1.53 bits per heavy atom. The van der Waals surface area contributed by atoms with Gasteiger partial charge in [0.25, 0.3) is 0 Å². The van der Waals surface area contributed by atoms with E-state index in [1.165, 1.54) is 25.9 Å². The second-order valence-electron chi connectivity index (χ2n) is 4.53. The van der Waals surface area contributed by atoms with Crippen molar-refractivity contribution in [3.63, 3.8) is 0 Å². The van der Waals surface area contributed by atoms with Crippen LogP contribution in [0.3, 0.4) is 0 Å². The van der Waals surface area contributed by atoms with Crippen LogP contribution in [0.2, 0.25) is 0 Å². The fourth-order valence-corrected chi connectivity index (χ4v) is 4.01. The molecule has 1 aromatic rings. The first-order valence-corrected chi connectivity index (χ1v) is 6.81. The molecule has 0 radical (unpaired) electrons. The maximum atomic E-state index is 3.58. The summed E-state index contributed by atoms with van der Waals surface area (Å²) < 4.78 is 0. The molecule has 2 atom stereocenters. The molecule has 0 aliphatic carbocycles. The molecule has 2 nitrogen and oxygen atoms in total. The molecule has 1 fully saturated rings. The third kappa shape index (κ3) is 1.53. The van der Waals surface area contributed by atoms with Gasteiger partial charge in [0.1, 0.15) is 0 Å². The summed E-state index contributed by atoms with van der Waals surface area (Å²) in [7, 11) is 0.